The average molecular weight is 338 g/mol. The molecule has 2 heteroatoms. The highest BCUT2D eigenvalue weighted by atomic mass is 79.9. The first-order valence-corrected chi connectivity index (χ1v) is 7.08. The molecule has 0 saturated carbocycles. The van der Waals surface area contributed by atoms with Gasteiger partial charge in [-0.05, 0) is 34.5 Å². The monoisotopic (exact) mass is 337 g/mol. The van der Waals surface area contributed by atoms with Crippen molar-refractivity contribution in [2.75, 3.05) is 0 Å². The predicted octanol–water partition coefficient (Wildman–Crippen LogP) is 1.08. The third-order valence-electron chi connectivity index (χ3n) is 4.01. The molecule has 2 aromatic carbocycles. The molecule has 1 nitrogen and oxygen atoms in total. The summed E-state index contributed by atoms with van der Waals surface area (Å²) in [5.74, 6) is 0. The molecule has 1 aliphatic rings. The van der Waals surface area contributed by atoms with Gasteiger partial charge in [-0.1, -0.05) is 36.4 Å². The molecule has 1 aliphatic heterocycles. The van der Waals surface area contributed by atoms with E-state index in [-0.39, 0.29) is 17.0 Å². The normalized spacial score (nSPS) is 15.0. The lowest BCUT2D eigenvalue weighted by Crippen LogP contribution is -3.00. The summed E-state index contributed by atoms with van der Waals surface area (Å²) in [4.78, 5) is 0. The molecule has 21 heavy (non-hydrogen) atoms. The number of hydrogen-bond acceptors (Lipinski definition) is 0. The van der Waals surface area contributed by atoms with Gasteiger partial charge in [-0.15, -0.1) is 0 Å². The zero-order valence-corrected chi connectivity index (χ0v) is 13.3. The molecule has 0 aliphatic carbocycles. The molecule has 0 saturated heterocycles. The fourth-order valence-electron chi connectivity index (χ4n) is 2.98. The highest BCUT2D eigenvalue weighted by Crippen LogP contribution is 2.25. The smallest absolute Gasteiger partial charge is 0.208 e. The summed E-state index contributed by atoms with van der Waals surface area (Å²) in [7, 11) is 0. The van der Waals surface area contributed by atoms with Crippen LogP contribution in [-0.2, 0) is 6.54 Å². The van der Waals surface area contributed by atoms with Crippen molar-refractivity contribution in [3.63, 3.8) is 0 Å². The van der Waals surface area contributed by atoms with E-state index in [0.29, 0.717) is 0 Å². The minimum Gasteiger partial charge on any atom is -1.00 e. The number of fused-ring (bicyclic) bond motifs is 2. The predicted molar refractivity (Wildman–Crippen MR) is 83.1 cm³/mol. The van der Waals surface area contributed by atoms with Crippen LogP contribution in [-0.4, -0.2) is 0 Å². The van der Waals surface area contributed by atoms with Gasteiger partial charge >= 0.3 is 0 Å². The van der Waals surface area contributed by atoms with E-state index in [1.54, 1.807) is 0 Å². The van der Waals surface area contributed by atoms with Crippen molar-refractivity contribution in [3.8, 4) is 0 Å². The second-order valence-corrected chi connectivity index (χ2v) is 5.31. The molecule has 0 amide bonds. The number of nitrogens with zero attached hydrogens (tertiary/aromatic N) is 1. The maximum Gasteiger partial charge on any atom is 0.208 e. The van der Waals surface area contributed by atoms with Gasteiger partial charge in [0, 0.05) is 24.1 Å². The van der Waals surface area contributed by atoms with Crippen LogP contribution in [0.5, 0.6) is 0 Å². The molecule has 0 N–H and O–H groups in total. The van der Waals surface area contributed by atoms with E-state index in [1.165, 1.54) is 27.6 Å². The van der Waals surface area contributed by atoms with Crippen LogP contribution < -0.4 is 21.5 Å². The zero-order valence-electron chi connectivity index (χ0n) is 11.7. The summed E-state index contributed by atoms with van der Waals surface area (Å²) in [6.07, 6.45) is 5.61. The van der Waals surface area contributed by atoms with Crippen molar-refractivity contribution in [3.05, 3.63) is 78.1 Å². The number of aryl methyl sites for hydroxylation is 1. The summed E-state index contributed by atoms with van der Waals surface area (Å²) in [5, 5.41) is 2.61. The second-order valence-electron chi connectivity index (χ2n) is 5.31. The van der Waals surface area contributed by atoms with E-state index in [0.717, 1.165) is 13.0 Å². The molecule has 3 aromatic rings. The fraction of sp³-hybridized carbons (Fsp3) is 0.105. The molecule has 0 radical (unpaired) electrons. The van der Waals surface area contributed by atoms with Crippen LogP contribution >= 0.6 is 0 Å². The van der Waals surface area contributed by atoms with Crippen LogP contribution in [0.4, 0.5) is 0 Å². The number of pyridine rings is 1. The van der Waals surface area contributed by atoms with Crippen LogP contribution in [0.2, 0.25) is 0 Å². The van der Waals surface area contributed by atoms with Crippen molar-refractivity contribution >= 4 is 22.4 Å². The van der Waals surface area contributed by atoms with Crippen molar-refractivity contribution in [1.82, 2.24) is 0 Å². The Bertz CT molecular complexity index is 820. The van der Waals surface area contributed by atoms with Crippen LogP contribution in [0.1, 0.15) is 17.7 Å². The van der Waals surface area contributed by atoms with Gasteiger partial charge in [-0.3, -0.25) is 0 Å². The van der Waals surface area contributed by atoms with E-state index < -0.39 is 0 Å². The Morgan fingerprint density at radius 3 is 2.57 bits per heavy atom. The quantitative estimate of drug-likeness (QED) is 0.585. The maximum absolute atomic E-state index is 2.33. The molecule has 0 unspecified atom stereocenters. The fourth-order valence-corrected chi connectivity index (χ4v) is 2.98. The lowest BCUT2D eigenvalue weighted by Gasteiger charge is -2.00. The summed E-state index contributed by atoms with van der Waals surface area (Å²) in [5.41, 5.74) is 4.07. The molecule has 0 spiro atoms. The molecular formula is C19H16BrN. The van der Waals surface area contributed by atoms with Crippen LogP contribution in [0.3, 0.4) is 0 Å². The maximum atomic E-state index is 2.33. The molecule has 0 bridgehead atoms. The largest absolute Gasteiger partial charge is 1.00 e. The highest BCUT2D eigenvalue weighted by Gasteiger charge is 2.22. The Morgan fingerprint density at radius 2 is 1.67 bits per heavy atom. The summed E-state index contributed by atoms with van der Waals surface area (Å²) in [6, 6.07) is 21.6. The van der Waals surface area contributed by atoms with Crippen LogP contribution in [0, 0.1) is 0 Å². The first-order chi connectivity index (χ1) is 9.90. The van der Waals surface area contributed by atoms with Gasteiger partial charge in [0.05, 0.1) is 0 Å². The van der Waals surface area contributed by atoms with Gasteiger partial charge in [0.25, 0.3) is 0 Å². The van der Waals surface area contributed by atoms with E-state index in [2.05, 4.69) is 77.5 Å². The zero-order chi connectivity index (χ0) is 13.4. The minimum atomic E-state index is 0. The van der Waals surface area contributed by atoms with Crippen molar-refractivity contribution in [2.24, 2.45) is 0 Å². The van der Waals surface area contributed by atoms with Crippen molar-refractivity contribution in [2.45, 2.75) is 13.0 Å². The molecule has 0 atom stereocenters. The highest BCUT2D eigenvalue weighted by molar-refractivity contribution is 5.87. The van der Waals surface area contributed by atoms with Gasteiger partial charge in [0.1, 0.15) is 0 Å². The van der Waals surface area contributed by atoms with Crippen molar-refractivity contribution in [1.29, 1.82) is 0 Å². The van der Waals surface area contributed by atoms with Crippen LogP contribution in [0.25, 0.3) is 22.4 Å². The number of hydrogen-bond donors (Lipinski definition) is 0. The summed E-state index contributed by atoms with van der Waals surface area (Å²) < 4.78 is 2.33. The van der Waals surface area contributed by atoms with Gasteiger partial charge < -0.3 is 17.0 Å². The second kappa shape index (κ2) is 5.82. The average Bonchev–Trinajstić information content (AvgIpc) is 2.91. The number of aromatic nitrogens is 1. The Hall–Kier alpha value is -1.93. The summed E-state index contributed by atoms with van der Waals surface area (Å²) in [6.45, 7) is 1.09. The Morgan fingerprint density at radius 1 is 0.857 bits per heavy atom. The van der Waals surface area contributed by atoms with Gasteiger partial charge in [-0.25, -0.2) is 0 Å². The molecule has 0 fully saturated rings. The summed E-state index contributed by atoms with van der Waals surface area (Å²) >= 11 is 0. The van der Waals surface area contributed by atoms with Crippen molar-refractivity contribution < 1.29 is 21.5 Å². The lowest BCUT2D eigenvalue weighted by atomic mass is 10.0. The topological polar surface area (TPSA) is 3.88 Å². The Labute approximate surface area is 135 Å². The number of benzene rings is 2. The van der Waals surface area contributed by atoms with E-state index >= 15 is 0 Å². The Kier molecular flexibility index (Phi) is 3.89. The Balaban J connectivity index is 0.00000132. The third kappa shape index (κ3) is 2.64. The molecule has 4 rings (SSSR count). The first-order valence-electron chi connectivity index (χ1n) is 7.08. The standard InChI is InChI=1S/C19H16N.BrH/c1-2-6-17-13-15(8-9-16(17)5-1)14-18-10-12-20-11-4-3-7-19(18)20;/h1-9,11,13-14H,10,12H2;1H/q+1;/p-1. The van der Waals surface area contributed by atoms with Gasteiger partial charge in [0.2, 0.25) is 5.69 Å². The lowest BCUT2D eigenvalue weighted by molar-refractivity contribution is -0.689. The first kappa shape index (κ1) is 14.0. The molecule has 104 valence electrons. The molecule has 1 aromatic heterocycles. The van der Waals surface area contributed by atoms with E-state index in [4.69, 9.17) is 0 Å². The van der Waals surface area contributed by atoms with Crippen LogP contribution in [0.15, 0.2) is 66.9 Å². The minimum absolute atomic E-state index is 0. The van der Waals surface area contributed by atoms with Gasteiger partial charge in [0.15, 0.2) is 12.7 Å². The third-order valence-corrected chi connectivity index (χ3v) is 4.01. The number of halogens is 1. The van der Waals surface area contributed by atoms with E-state index in [9.17, 15) is 0 Å². The SMILES string of the molecule is C(=C1CC[n+]2ccccc21)c1ccc2ccccc2c1.[Br-]. The number of rotatable bonds is 1. The molecular weight excluding hydrogens is 322 g/mol. The van der Waals surface area contributed by atoms with Gasteiger partial charge in [-0.2, -0.15) is 4.57 Å². The molecule has 2 heterocycles. The van der Waals surface area contributed by atoms with E-state index in [1.807, 2.05) is 0 Å². The number of allylic oxidation sites excluding steroid dienone is 1.